The zero-order valence-electron chi connectivity index (χ0n) is 28.0. The molecule has 1 heterocycles. The highest BCUT2D eigenvalue weighted by molar-refractivity contribution is 6.36. The molecular formula is C40H36Cl2N2O6. The van der Waals surface area contributed by atoms with Crippen LogP contribution in [0, 0.1) is 18.3 Å². The van der Waals surface area contributed by atoms with Gasteiger partial charge in [-0.15, -0.1) is 0 Å². The van der Waals surface area contributed by atoms with E-state index in [1.807, 2.05) is 81.4 Å². The van der Waals surface area contributed by atoms with Crippen LogP contribution in [0.3, 0.4) is 0 Å². The van der Waals surface area contributed by atoms with Crippen molar-refractivity contribution < 1.29 is 28.5 Å². The molecule has 0 fully saturated rings. The first-order valence-corrected chi connectivity index (χ1v) is 16.8. The molecular weight excluding hydrogens is 675 g/mol. The smallest absolute Gasteiger partial charge is 0.191 e. The summed E-state index contributed by atoms with van der Waals surface area (Å²) >= 11 is 13.6. The first-order chi connectivity index (χ1) is 24.3. The van der Waals surface area contributed by atoms with E-state index in [0.717, 1.165) is 33.4 Å². The summed E-state index contributed by atoms with van der Waals surface area (Å²) in [5.74, 6) is 1.37. The van der Waals surface area contributed by atoms with Gasteiger partial charge in [0, 0.05) is 48.4 Å². The fraction of sp³-hybridized carbons (Fsp3) is 0.225. The molecule has 0 radical (unpaired) electrons. The van der Waals surface area contributed by atoms with E-state index in [9.17, 15) is 4.79 Å². The maximum absolute atomic E-state index is 11.8. The molecule has 0 saturated carbocycles. The Morgan fingerprint density at radius 2 is 1.52 bits per heavy atom. The number of nitrogens with zero attached hydrogens (tertiary/aromatic N) is 2. The molecule has 0 aliphatic carbocycles. The minimum absolute atomic E-state index is 0.104. The molecule has 50 heavy (non-hydrogen) atoms. The van der Waals surface area contributed by atoms with Crippen LogP contribution in [0.4, 0.5) is 0 Å². The average Bonchev–Trinajstić information content (AvgIpc) is 3.14. The van der Waals surface area contributed by atoms with E-state index < -0.39 is 6.29 Å². The van der Waals surface area contributed by atoms with Gasteiger partial charge in [-0.3, -0.25) is 9.78 Å². The predicted octanol–water partition coefficient (Wildman–Crippen LogP) is 9.65. The minimum Gasteiger partial charge on any atom is -0.488 e. The van der Waals surface area contributed by atoms with Gasteiger partial charge in [0.2, 0.25) is 0 Å². The van der Waals surface area contributed by atoms with Crippen molar-refractivity contribution in [3.8, 4) is 45.6 Å². The number of pyridine rings is 1. The third-order valence-corrected chi connectivity index (χ3v) is 8.59. The second-order valence-corrected chi connectivity index (χ2v) is 11.9. The largest absolute Gasteiger partial charge is 0.488 e. The third-order valence-electron chi connectivity index (χ3n) is 7.88. The Balaban J connectivity index is 1.31. The normalized spacial score (nSPS) is 10.9. The molecule has 0 N–H and O–H groups in total. The number of halogens is 2. The molecule has 10 heteroatoms. The van der Waals surface area contributed by atoms with Crippen molar-refractivity contribution in [2.24, 2.45) is 0 Å². The number of aldehydes is 1. The van der Waals surface area contributed by atoms with E-state index in [2.05, 4.69) is 11.1 Å². The third kappa shape index (κ3) is 9.00. The molecule has 0 saturated heterocycles. The van der Waals surface area contributed by atoms with Crippen molar-refractivity contribution in [1.29, 1.82) is 5.26 Å². The summed E-state index contributed by atoms with van der Waals surface area (Å²) in [6.07, 6.45) is 3.32. The summed E-state index contributed by atoms with van der Waals surface area (Å²) in [5, 5.41) is 10.1. The first kappa shape index (κ1) is 36.4. The first-order valence-electron chi connectivity index (χ1n) is 16.1. The molecule has 5 aromatic rings. The maximum atomic E-state index is 11.8. The lowest BCUT2D eigenvalue weighted by Gasteiger charge is -2.18. The Bertz CT molecular complexity index is 1970. The standard InChI is InChI=1S/C40H36Cl2N2O6/c1-4-46-39(47-5-2)25-48-32-14-12-29(13-15-32)34-10-7-11-35(40(34)42)33-9-6-8-30(26(33)3)24-50-38-18-37(31(22-45)17-36(38)41)49-23-28-16-27(19-43)20-44-21-28/h6-18,20-22,39H,4-5,23-25H2,1-3H3. The number of rotatable bonds is 16. The van der Waals surface area contributed by atoms with Gasteiger partial charge in [-0.05, 0) is 67.3 Å². The van der Waals surface area contributed by atoms with Crippen LogP contribution in [0.25, 0.3) is 22.3 Å². The van der Waals surface area contributed by atoms with Crippen LogP contribution in [0.1, 0.15) is 46.5 Å². The van der Waals surface area contributed by atoms with E-state index in [0.29, 0.717) is 59.5 Å². The molecule has 0 bridgehead atoms. The number of ether oxygens (including phenoxy) is 5. The molecule has 5 rings (SSSR count). The fourth-order valence-electron chi connectivity index (χ4n) is 5.33. The molecule has 0 aliphatic heterocycles. The van der Waals surface area contributed by atoms with Gasteiger partial charge in [0.15, 0.2) is 12.6 Å². The Morgan fingerprint density at radius 1 is 0.820 bits per heavy atom. The number of hydrogen-bond donors (Lipinski definition) is 0. The summed E-state index contributed by atoms with van der Waals surface area (Å²) < 4.78 is 29.1. The number of carbonyl (C=O) groups excluding carboxylic acids is 1. The molecule has 8 nitrogen and oxygen atoms in total. The Hall–Kier alpha value is -4.91. The van der Waals surface area contributed by atoms with Crippen LogP contribution < -0.4 is 14.2 Å². The molecule has 1 aromatic heterocycles. The van der Waals surface area contributed by atoms with Crippen LogP contribution in [-0.4, -0.2) is 37.4 Å². The molecule has 4 aromatic carbocycles. The lowest BCUT2D eigenvalue weighted by atomic mass is 9.94. The summed E-state index contributed by atoms with van der Waals surface area (Å²) in [7, 11) is 0. The predicted molar refractivity (Wildman–Crippen MR) is 194 cm³/mol. The van der Waals surface area contributed by atoms with Crippen molar-refractivity contribution in [2.75, 3.05) is 19.8 Å². The van der Waals surface area contributed by atoms with Gasteiger partial charge in [-0.1, -0.05) is 71.7 Å². The van der Waals surface area contributed by atoms with Gasteiger partial charge in [0.25, 0.3) is 0 Å². The van der Waals surface area contributed by atoms with Crippen molar-refractivity contribution in [1.82, 2.24) is 4.98 Å². The van der Waals surface area contributed by atoms with Crippen LogP contribution in [0.5, 0.6) is 17.2 Å². The molecule has 0 spiro atoms. The summed E-state index contributed by atoms with van der Waals surface area (Å²) in [4.78, 5) is 15.8. The Morgan fingerprint density at radius 3 is 2.24 bits per heavy atom. The van der Waals surface area contributed by atoms with Gasteiger partial charge >= 0.3 is 0 Å². The molecule has 0 unspecified atom stereocenters. The van der Waals surface area contributed by atoms with Gasteiger partial charge in [0.05, 0.1) is 21.2 Å². The van der Waals surface area contributed by atoms with E-state index in [-0.39, 0.29) is 23.8 Å². The van der Waals surface area contributed by atoms with E-state index in [1.165, 1.54) is 12.3 Å². The lowest BCUT2D eigenvalue weighted by Crippen LogP contribution is -2.25. The molecule has 256 valence electrons. The quantitative estimate of drug-likeness (QED) is 0.0737. The monoisotopic (exact) mass is 710 g/mol. The summed E-state index contributed by atoms with van der Waals surface area (Å²) in [6, 6.07) is 26.6. The highest BCUT2D eigenvalue weighted by Gasteiger charge is 2.16. The van der Waals surface area contributed by atoms with Gasteiger partial charge in [0.1, 0.15) is 43.1 Å². The maximum Gasteiger partial charge on any atom is 0.191 e. The number of hydrogen-bond acceptors (Lipinski definition) is 8. The average molecular weight is 712 g/mol. The minimum atomic E-state index is -0.421. The number of carbonyl (C=O) groups is 1. The van der Waals surface area contributed by atoms with Gasteiger partial charge in [-0.2, -0.15) is 5.26 Å². The lowest BCUT2D eigenvalue weighted by molar-refractivity contribution is -0.152. The van der Waals surface area contributed by atoms with Gasteiger partial charge < -0.3 is 23.7 Å². The van der Waals surface area contributed by atoms with E-state index in [1.54, 1.807) is 18.3 Å². The van der Waals surface area contributed by atoms with Crippen molar-refractivity contribution >= 4 is 29.5 Å². The number of nitriles is 1. The van der Waals surface area contributed by atoms with Crippen LogP contribution in [-0.2, 0) is 22.7 Å². The SMILES string of the molecule is CCOC(COc1ccc(-c2cccc(-c3cccc(COc4cc(OCc5cncc(C#N)c5)c(C=O)cc4Cl)c3C)c2Cl)cc1)OCC. The van der Waals surface area contributed by atoms with Crippen LogP contribution >= 0.6 is 23.2 Å². The highest BCUT2D eigenvalue weighted by atomic mass is 35.5. The summed E-state index contributed by atoms with van der Waals surface area (Å²) in [6.45, 7) is 7.55. The molecule has 0 atom stereocenters. The zero-order valence-corrected chi connectivity index (χ0v) is 29.5. The number of benzene rings is 4. The summed E-state index contributed by atoms with van der Waals surface area (Å²) in [5.41, 5.74) is 7.00. The zero-order chi connectivity index (χ0) is 35.5. The van der Waals surface area contributed by atoms with Crippen molar-refractivity contribution in [3.63, 3.8) is 0 Å². The Labute approximate surface area is 302 Å². The number of aromatic nitrogens is 1. The second-order valence-electron chi connectivity index (χ2n) is 11.1. The van der Waals surface area contributed by atoms with Crippen molar-refractivity contribution in [2.45, 2.75) is 40.3 Å². The second kappa shape index (κ2) is 17.7. The molecule has 0 aliphatic rings. The van der Waals surface area contributed by atoms with Gasteiger partial charge in [-0.25, -0.2) is 0 Å². The van der Waals surface area contributed by atoms with Crippen LogP contribution in [0.2, 0.25) is 10.0 Å². The van der Waals surface area contributed by atoms with E-state index >= 15 is 0 Å². The van der Waals surface area contributed by atoms with Crippen molar-refractivity contribution in [3.05, 3.63) is 129 Å². The molecule has 0 amide bonds. The fourth-order valence-corrected chi connectivity index (χ4v) is 5.89. The van der Waals surface area contributed by atoms with E-state index in [4.69, 9.17) is 52.1 Å². The highest BCUT2D eigenvalue weighted by Crippen LogP contribution is 2.39. The van der Waals surface area contributed by atoms with Crippen LogP contribution in [0.15, 0.2) is 91.3 Å². The Kier molecular flexibility index (Phi) is 12.8. The topological polar surface area (TPSA) is 99.9 Å².